The van der Waals surface area contributed by atoms with Crippen LogP contribution in [0, 0.1) is 23.7 Å². The molecule has 0 saturated carbocycles. The maximum atomic E-state index is 13.1. The predicted octanol–water partition coefficient (Wildman–Crippen LogP) is 24.4. The average Bonchev–Trinajstić information content (AvgIpc) is 1.23. The molecular weight excluding hydrogens is 1320 g/mol. The van der Waals surface area contributed by atoms with Gasteiger partial charge in [-0.25, -0.2) is 9.13 Å². The SMILES string of the molecule is CCC(C)CCCCCCCCC(=O)O[C@H](COC(=O)CCCCCCCCC(C)C)COP(=O)(O)OC[C@H](O)COP(=O)(O)OC[C@@H](COC(=O)CCCCCCCCCCCCCCCCCCCCC(C)C)OC(=O)CCCCCCCCCCCCCCCCCCCCC(C)C. The van der Waals surface area contributed by atoms with E-state index in [4.69, 9.17) is 37.0 Å². The highest BCUT2D eigenvalue weighted by molar-refractivity contribution is 7.47. The van der Waals surface area contributed by atoms with Gasteiger partial charge in [0.1, 0.15) is 19.3 Å². The Labute approximate surface area is 619 Å². The molecule has 0 bridgehead atoms. The summed E-state index contributed by atoms with van der Waals surface area (Å²) in [6, 6.07) is 0. The summed E-state index contributed by atoms with van der Waals surface area (Å²) in [5.41, 5.74) is 0. The van der Waals surface area contributed by atoms with E-state index in [0.717, 1.165) is 114 Å². The van der Waals surface area contributed by atoms with Crippen molar-refractivity contribution in [3.63, 3.8) is 0 Å². The van der Waals surface area contributed by atoms with Crippen LogP contribution >= 0.6 is 15.6 Å². The molecule has 17 nitrogen and oxygen atoms in total. The molecule has 3 unspecified atom stereocenters. The van der Waals surface area contributed by atoms with Gasteiger partial charge in [-0.05, 0) is 49.4 Å². The highest BCUT2D eigenvalue weighted by Crippen LogP contribution is 2.45. The van der Waals surface area contributed by atoms with Crippen LogP contribution in [0.4, 0.5) is 0 Å². The molecule has 3 N–H and O–H groups in total. The van der Waals surface area contributed by atoms with Crippen molar-refractivity contribution in [3.05, 3.63) is 0 Å². The number of hydrogen-bond acceptors (Lipinski definition) is 15. The molecule has 0 radical (unpaired) electrons. The van der Waals surface area contributed by atoms with Crippen molar-refractivity contribution in [2.75, 3.05) is 39.6 Å². The molecule has 19 heteroatoms. The van der Waals surface area contributed by atoms with Crippen LogP contribution in [0.1, 0.15) is 421 Å². The Hall–Kier alpha value is -1.94. The molecule has 0 spiro atoms. The van der Waals surface area contributed by atoms with E-state index in [-0.39, 0.29) is 25.7 Å². The number of aliphatic hydroxyl groups excluding tert-OH is 1. The van der Waals surface area contributed by atoms with Crippen LogP contribution in [0.25, 0.3) is 0 Å². The fourth-order valence-corrected chi connectivity index (χ4v) is 14.2. The number of phosphoric acid groups is 2. The highest BCUT2D eigenvalue weighted by atomic mass is 31.2. The van der Waals surface area contributed by atoms with E-state index in [1.54, 1.807) is 0 Å². The molecule has 600 valence electrons. The quantitative estimate of drug-likeness (QED) is 0.0222. The van der Waals surface area contributed by atoms with Gasteiger partial charge in [0.05, 0.1) is 26.4 Å². The maximum Gasteiger partial charge on any atom is 0.472 e. The van der Waals surface area contributed by atoms with Crippen LogP contribution < -0.4 is 0 Å². The number of hydrogen-bond donors (Lipinski definition) is 3. The Morgan fingerprint density at radius 1 is 0.277 bits per heavy atom. The zero-order valence-corrected chi connectivity index (χ0v) is 68.3. The van der Waals surface area contributed by atoms with E-state index < -0.39 is 97.5 Å². The Bertz CT molecular complexity index is 1970. The normalized spacial score (nSPS) is 14.3. The first-order valence-corrected chi connectivity index (χ1v) is 45.2. The lowest BCUT2D eigenvalue weighted by atomic mass is 10.00. The van der Waals surface area contributed by atoms with Crippen molar-refractivity contribution in [2.45, 2.75) is 440 Å². The maximum absolute atomic E-state index is 13.1. The standard InChI is InChI=1S/C82H160O17P2/c1-9-75(8)61-53-45-39-41-49-57-65-82(87)99-78(69-93-80(85)63-55-47-40-38-44-52-60-74(6)7)71-97-101(90,91)95-67-76(83)66-94-100(88,89)96-70-77(98-81(86)64-56-48-37-33-29-25-21-17-13-11-15-19-23-27-31-35-43-51-59-73(4)5)68-92-79(84)62-54-46-36-32-28-24-20-16-12-10-14-18-22-26-30-34-42-50-58-72(2)3/h72-78,83H,9-71H2,1-8H3,(H,88,89)(H,90,91)/t75?,76-,77-,78-/m1/s1. The topological polar surface area (TPSA) is 237 Å². The molecule has 101 heavy (non-hydrogen) atoms. The number of esters is 4. The molecule has 0 aliphatic rings. The molecule has 0 rings (SSSR count). The zero-order valence-electron chi connectivity index (χ0n) is 66.5. The summed E-state index contributed by atoms with van der Waals surface area (Å²) in [4.78, 5) is 72.9. The molecule has 0 fully saturated rings. The van der Waals surface area contributed by atoms with Gasteiger partial charge in [-0.2, -0.15) is 0 Å². The van der Waals surface area contributed by atoms with E-state index in [2.05, 4.69) is 55.4 Å². The van der Waals surface area contributed by atoms with Crippen molar-refractivity contribution in [2.24, 2.45) is 23.7 Å². The largest absolute Gasteiger partial charge is 0.472 e. The highest BCUT2D eigenvalue weighted by Gasteiger charge is 2.30. The number of ether oxygens (including phenoxy) is 4. The Kier molecular flexibility index (Phi) is 69.6. The number of carbonyl (C=O) groups is 4. The number of carbonyl (C=O) groups excluding carboxylic acids is 4. The monoisotopic (exact) mass is 1480 g/mol. The zero-order chi connectivity index (χ0) is 74.6. The average molecular weight is 1480 g/mol. The summed E-state index contributed by atoms with van der Waals surface area (Å²) < 4.78 is 68.6. The number of rotatable bonds is 79. The molecule has 0 heterocycles. The van der Waals surface area contributed by atoms with Crippen molar-refractivity contribution in [1.29, 1.82) is 0 Å². The van der Waals surface area contributed by atoms with Gasteiger partial charge in [-0.15, -0.1) is 0 Å². The fourth-order valence-electron chi connectivity index (χ4n) is 12.6. The van der Waals surface area contributed by atoms with Gasteiger partial charge in [0.15, 0.2) is 12.2 Å². The first-order valence-electron chi connectivity index (χ1n) is 42.2. The predicted molar refractivity (Wildman–Crippen MR) is 414 cm³/mol. The molecule has 0 amide bonds. The van der Waals surface area contributed by atoms with Gasteiger partial charge >= 0.3 is 39.5 Å². The number of phosphoric ester groups is 2. The molecule has 0 aromatic carbocycles. The first kappa shape index (κ1) is 99.1. The van der Waals surface area contributed by atoms with E-state index in [9.17, 15) is 43.2 Å². The lowest BCUT2D eigenvalue weighted by Gasteiger charge is -2.21. The minimum Gasteiger partial charge on any atom is -0.462 e. The van der Waals surface area contributed by atoms with Gasteiger partial charge in [0, 0.05) is 25.7 Å². The third kappa shape index (κ3) is 74.7. The molecule has 0 aliphatic heterocycles. The van der Waals surface area contributed by atoms with Crippen LogP contribution in [0.2, 0.25) is 0 Å². The van der Waals surface area contributed by atoms with Gasteiger partial charge in [-0.3, -0.25) is 37.3 Å². The third-order valence-electron chi connectivity index (χ3n) is 19.4. The summed E-state index contributed by atoms with van der Waals surface area (Å²) >= 11 is 0. The molecule has 0 aliphatic carbocycles. The minimum absolute atomic E-state index is 0.102. The molecule has 0 saturated heterocycles. The molecule has 0 aromatic rings. The summed E-state index contributed by atoms with van der Waals surface area (Å²) in [5.74, 6) is 0.923. The Morgan fingerprint density at radius 3 is 0.703 bits per heavy atom. The summed E-state index contributed by atoms with van der Waals surface area (Å²) in [6.45, 7) is 14.2. The smallest absolute Gasteiger partial charge is 0.462 e. The second-order valence-electron chi connectivity index (χ2n) is 31.2. The lowest BCUT2D eigenvalue weighted by molar-refractivity contribution is -0.161. The fraction of sp³-hybridized carbons (Fsp3) is 0.951. The summed E-state index contributed by atoms with van der Waals surface area (Å²) in [6.07, 6.45) is 58.8. The number of unbranched alkanes of at least 4 members (excludes halogenated alkanes) is 44. The van der Waals surface area contributed by atoms with Crippen molar-refractivity contribution in [1.82, 2.24) is 0 Å². The molecule has 6 atom stereocenters. The Morgan fingerprint density at radius 2 is 0.475 bits per heavy atom. The van der Waals surface area contributed by atoms with Crippen LogP contribution in [0.3, 0.4) is 0 Å². The van der Waals surface area contributed by atoms with E-state index in [0.29, 0.717) is 31.6 Å². The van der Waals surface area contributed by atoms with Crippen LogP contribution in [0.5, 0.6) is 0 Å². The van der Waals surface area contributed by atoms with Crippen molar-refractivity contribution in [3.8, 4) is 0 Å². The number of aliphatic hydroxyl groups is 1. The van der Waals surface area contributed by atoms with Gasteiger partial charge in [0.25, 0.3) is 0 Å². The van der Waals surface area contributed by atoms with E-state index >= 15 is 0 Å². The molecule has 0 aromatic heterocycles. The van der Waals surface area contributed by atoms with E-state index in [1.165, 1.54) is 218 Å². The van der Waals surface area contributed by atoms with Crippen LogP contribution in [-0.4, -0.2) is 96.7 Å². The van der Waals surface area contributed by atoms with Crippen LogP contribution in [-0.2, 0) is 65.4 Å². The molecular formula is C82H160O17P2. The third-order valence-corrected chi connectivity index (χ3v) is 21.3. The minimum atomic E-state index is -4.96. The first-order chi connectivity index (χ1) is 48.6. The second kappa shape index (κ2) is 71.0. The van der Waals surface area contributed by atoms with Gasteiger partial charge < -0.3 is 33.8 Å². The lowest BCUT2D eigenvalue weighted by Crippen LogP contribution is -2.30. The summed E-state index contributed by atoms with van der Waals surface area (Å²) in [7, 11) is -9.92. The van der Waals surface area contributed by atoms with E-state index in [1.807, 2.05) is 0 Å². The Balaban J connectivity index is 5.17. The van der Waals surface area contributed by atoms with Crippen molar-refractivity contribution < 1.29 is 80.2 Å². The van der Waals surface area contributed by atoms with Gasteiger partial charge in [-0.1, -0.05) is 370 Å². The second-order valence-corrected chi connectivity index (χ2v) is 34.1. The summed E-state index contributed by atoms with van der Waals surface area (Å²) in [5, 5.41) is 10.6. The van der Waals surface area contributed by atoms with Gasteiger partial charge in [0.2, 0.25) is 0 Å². The van der Waals surface area contributed by atoms with Crippen molar-refractivity contribution >= 4 is 39.5 Å². The van der Waals surface area contributed by atoms with Crippen LogP contribution in [0.15, 0.2) is 0 Å².